The molecule has 18 heavy (non-hydrogen) atoms. The monoisotopic (exact) mass is 355 g/mol. The molecule has 0 aliphatic rings. The number of hydrogen-bond acceptors (Lipinski definition) is 1. The van der Waals surface area contributed by atoms with Crippen molar-refractivity contribution in [1.82, 2.24) is 4.57 Å². The normalized spacial score (nSPS) is 10.6. The fraction of sp³-hybridized carbons (Fsp3) is 0.214. The first-order chi connectivity index (χ1) is 8.61. The van der Waals surface area contributed by atoms with Crippen LogP contribution in [0.5, 0.6) is 0 Å². The van der Waals surface area contributed by atoms with Gasteiger partial charge in [0.15, 0.2) is 0 Å². The topological polar surface area (TPSA) is 42.2 Å². The van der Waals surface area contributed by atoms with E-state index >= 15 is 0 Å². The number of aromatic nitrogens is 1. The SMILES string of the molecule is CCCc1ccc(-n2cc(I)cc2C(=O)O)cc1. The van der Waals surface area contributed by atoms with Gasteiger partial charge < -0.3 is 9.67 Å². The van der Waals surface area contributed by atoms with E-state index in [2.05, 4.69) is 41.6 Å². The molecular weight excluding hydrogens is 341 g/mol. The second kappa shape index (κ2) is 5.56. The molecule has 0 unspecified atom stereocenters. The second-order valence-corrected chi connectivity index (χ2v) is 5.38. The fourth-order valence-electron chi connectivity index (χ4n) is 1.92. The zero-order valence-corrected chi connectivity index (χ0v) is 12.2. The molecule has 1 aromatic carbocycles. The highest BCUT2D eigenvalue weighted by Gasteiger charge is 2.12. The summed E-state index contributed by atoms with van der Waals surface area (Å²) >= 11 is 2.12. The summed E-state index contributed by atoms with van der Waals surface area (Å²) in [5.74, 6) is -0.907. The van der Waals surface area contributed by atoms with Gasteiger partial charge in [0.2, 0.25) is 0 Å². The third-order valence-electron chi connectivity index (χ3n) is 2.76. The van der Waals surface area contributed by atoms with Gasteiger partial charge in [0.1, 0.15) is 5.69 Å². The molecule has 2 rings (SSSR count). The maximum atomic E-state index is 11.2. The van der Waals surface area contributed by atoms with E-state index in [4.69, 9.17) is 5.11 Å². The maximum absolute atomic E-state index is 11.2. The number of hydrogen-bond donors (Lipinski definition) is 1. The van der Waals surface area contributed by atoms with E-state index < -0.39 is 5.97 Å². The Morgan fingerprint density at radius 1 is 1.33 bits per heavy atom. The van der Waals surface area contributed by atoms with Crippen molar-refractivity contribution in [2.75, 3.05) is 0 Å². The van der Waals surface area contributed by atoms with Gasteiger partial charge in [0.25, 0.3) is 0 Å². The minimum Gasteiger partial charge on any atom is -0.477 e. The number of benzene rings is 1. The van der Waals surface area contributed by atoms with Crippen LogP contribution in [0.15, 0.2) is 36.5 Å². The Morgan fingerprint density at radius 3 is 2.56 bits per heavy atom. The van der Waals surface area contributed by atoms with E-state index in [1.165, 1.54) is 5.56 Å². The number of carbonyl (C=O) groups is 1. The van der Waals surface area contributed by atoms with E-state index in [0.717, 1.165) is 22.1 Å². The van der Waals surface area contributed by atoms with Crippen LogP contribution in [0.1, 0.15) is 29.4 Å². The van der Waals surface area contributed by atoms with Crippen LogP contribution in [0.2, 0.25) is 0 Å². The van der Waals surface area contributed by atoms with E-state index in [0.29, 0.717) is 5.69 Å². The number of carboxylic acids is 1. The molecule has 0 atom stereocenters. The number of halogens is 1. The van der Waals surface area contributed by atoms with E-state index in [9.17, 15) is 4.79 Å². The molecule has 0 bridgehead atoms. The average molecular weight is 355 g/mol. The molecule has 0 aliphatic carbocycles. The largest absolute Gasteiger partial charge is 0.477 e. The number of carboxylic acid groups (broad SMARTS) is 1. The average Bonchev–Trinajstić information content (AvgIpc) is 2.73. The molecule has 3 nitrogen and oxygen atoms in total. The van der Waals surface area contributed by atoms with Crippen molar-refractivity contribution in [3.8, 4) is 5.69 Å². The zero-order valence-electron chi connectivity index (χ0n) is 10.1. The molecule has 1 heterocycles. The summed E-state index contributed by atoms with van der Waals surface area (Å²) < 4.78 is 2.63. The summed E-state index contributed by atoms with van der Waals surface area (Å²) in [6.45, 7) is 2.14. The van der Waals surface area contributed by atoms with Crippen molar-refractivity contribution >= 4 is 28.6 Å². The molecule has 0 spiro atoms. The minimum absolute atomic E-state index is 0.294. The van der Waals surface area contributed by atoms with Crippen LogP contribution in [0, 0.1) is 3.57 Å². The van der Waals surface area contributed by atoms with Gasteiger partial charge in [-0.2, -0.15) is 0 Å². The van der Waals surface area contributed by atoms with Crippen molar-refractivity contribution in [3.05, 3.63) is 51.4 Å². The molecule has 0 radical (unpaired) electrons. The van der Waals surface area contributed by atoms with E-state index in [1.807, 2.05) is 18.3 Å². The molecule has 0 fully saturated rings. The molecular formula is C14H14INO2. The first kappa shape index (κ1) is 13.1. The van der Waals surface area contributed by atoms with Crippen molar-refractivity contribution in [2.24, 2.45) is 0 Å². The Bertz CT molecular complexity index is 558. The fourth-order valence-corrected chi connectivity index (χ4v) is 2.49. The van der Waals surface area contributed by atoms with Gasteiger partial charge >= 0.3 is 5.97 Å². The molecule has 2 aromatic rings. The Labute approximate surface area is 120 Å². The summed E-state index contributed by atoms with van der Waals surface area (Å²) in [6.07, 6.45) is 4.00. The van der Waals surface area contributed by atoms with Crippen LogP contribution >= 0.6 is 22.6 Å². The number of aromatic carboxylic acids is 1. The molecule has 0 aliphatic heterocycles. The van der Waals surface area contributed by atoms with E-state index in [1.54, 1.807) is 10.6 Å². The number of aryl methyl sites for hydroxylation is 1. The van der Waals surface area contributed by atoms with Crippen molar-refractivity contribution in [3.63, 3.8) is 0 Å². The van der Waals surface area contributed by atoms with Crippen molar-refractivity contribution in [1.29, 1.82) is 0 Å². The van der Waals surface area contributed by atoms with E-state index in [-0.39, 0.29) is 0 Å². The molecule has 94 valence electrons. The second-order valence-electron chi connectivity index (χ2n) is 4.14. The Morgan fingerprint density at radius 2 is 2.00 bits per heavy atom. The summed E-state index contributed by atoms with van der Waals surface area (Å²) in [5.41, 5.74) is 2.46. The lowest BCUT2D eigenvalue weighted by Gasteiger charge is -2.07. The predicted molar refractivity (Wildman–Crippen MR) is 79.4 cm³/mol. The highest BCUT2D eigenvalue weighted by Crippen LogP contribution is 2.18. The number of nitrogens with zero attached hydrogens (tertiary/aromatic N) is 1. The van der Waals surface area contributed by atoms with Gasteiger partial charge in [-0.1, -0.05) is 25.5 Å². The lowest BCUT2D eigenvalue weighted by molar-refractivity contribution is 0.0688. The van der Waals surface area contributed by atoms with Crippen molar-refractivity contribution in [2.45, 2.75) is 19.8 Å². The molecule has 0 saturated carbocycles. The highest BCUT2D eigenvalue weighted by atomic mass is 127. The smallest absolute Gasteiger partial charge is 0.352 e. The van der Waals surface area contributed by atoms with Gasteiger partial charge in [-0.3, -0.25) is 0 Å². The maximum Gasteiger partial charge on any atom is 0.352 e. The molecule has 4 heteroatoms. The van der Waals surface area contributed by atoms with Crippen LogP contribution in [0.4, 0.5) is 0 Å². The first-order valence-corrected chi connectivity index (χ1v) is 6.90. The predicted octanol–water partition coefficient (Wildman–Crippen LogP) is 3.73. The molecule has 0 amide bonds. The highest BCUT2D eigenvalue weighted by molar-refractivity contribution is 14.1. The summed E-state index contributed by atoms with van der Waals surface area (Å²) in [4.78, 5) is 11.2. The molecule has 0 saturated heterocycles. The standard InChI is InChI=1S/C14H14INO2/c1-2-3-10-4-6-12(7-5-10)16-9-11(15)8-13(16)14(17)18/h4-9H,2-3H2,1H3,(H,17,18). The quantitative estimate of drug-likeness (QED) is 0.850. The number of rotatable bonds is 4. The van der Waals surface area contributed by atoms with Gasteiger partial charge in [-0.15, -0.1) is 0 Å². The minimum atomic E-state index is -0.907. The van der Waals surface area contributed by atoms with Crippen LogP contribution in [0.3, 0.4) is 0 Å². The van der Waals surface area contributed by atoms with Gasteiger partial charge in [-0.25, -0.2) is 4.79 Å². The Hall–Kier alpha value is -1.30. The third-order valence-corrected chi connectivity index (χ3v) is 3.35. The summed E-state index contributed by atoms with van der Waals surface area (Å²) in [7, 11) is 0. The van der Waals surface area contributed by atoms with Crippen LogP contribution in [-0.4, -0.2) is 15.6 Å². The van der Waals surface area contributed by atoms with Gasteiger partial charge in [0.05, 0.1) is 0 Å². The summed E-state index contributed by atoms with van der Waals surface area (Å²) in [6, 6.07) is 9.71. The van der Waals surface area contributed by atoms with Crippen molar-refractivity contribution < 1.29 is 9.90 Å². The first-order valence-electron chi connectivity index (χ1n) is 5.82. The summed E-state index contributed by atoms with van der Waals surface area (Å²) in [5, 5.41) is 9.15. The van der Waals surface area contributed by atoms with Gasteiger partial charge in [0, 0.05) is 15.5 Å². The molecule has 1 N–H and O–H groups in total. The van der Waals surface area contributed by atoms with Crippen LogP contribution in [0.25, 0.3) is 5.69 Å². The van der Waals surface area contributed by atoms with Crippen LogP contribution in [-0.2, 0) is 6.42 Å². The zero-order chi connectivity index (χ0) is 13.1. The molecule has 1 aromatic heterocycles. The lowest BCUT2D eigenvalue weighted by Crippen LogP contribution is -2.05. The lowest BCUT2D eigenvalue weighted by atomic mass is 10.1. The van der Waals surface area contributed by atoms with Gasteiger partial charge in [-0.05, 0) is 52.8 Å². The Balaban J connectivity index is 2.39. The van der Waals surface area contributed by atoms with Crippen LogP contribution < -0.4 is 0 Å². The Kier molecular flexibility index (Phi) is 4.06. The third kappa shape index (κ3) is 2.75.